The summed E-state index contributed by atoms with van der Waals surface area (Å²) in [6, 6.07) is 14.3. The number of anilines is 1. The second-order valence-corrected chi connectivity index (χ2v) is 8.20. The van der Waals surface area contributed by atoms with Crippen LogP contribution in [0.25, 0.3) is 0 Å². The van der Waals surface area contributed by atoms with Gasteiger partial charge in [0.1, 0.15) is 23.6 Å². The molecule has 0 aliphatic carbocycles. The Labute approximate surface area is 196 Å². The van der Waals surface area contributed by atoms with Crippen molar-refractivity contribution in [2.75, 3.05) is 37.7 Å². The molecule has 1 aromatic heterocycles. The number of hydrogen-bond acceptors (Lipinski definition) is 6. The zero-order chi connectivity index (χ0) is 22.5. The second kappa shape index (κ2) is 10.1. The Balaban J connectivity index is 1.32. The van der Waals surface area contributed by atoms with Gasteiger partial charge in [-0.25, -0.2) is 9.97 Å². The van der Waals surface area contributed by atoms with Crippen LogP contribution in [0.3, 0.4) is 0 Å². The minimum atomic E-state index is -0.0552. The summed E-state index contributed by atoms with van der Waals surface area (Å²) in [4.78, 5) is 24.9. The smallest absolute Gasteiger partial charge is 0.260 e. The fourth-order valence-corrected chi connectivity index (χ4v) is 3.59. The van der Waals surface area contributed by atoms with Crippen molar-refractivity contribution in [2.24, 2.45) is 0 Å². The molecule has 4 rings (SSSR count). The van der Waals surface area contributed by atoms with Crippen molar-refractivity contribution in [3.8, 4) is 17.4 Å². The number of carbonyl (C=O) groups excluding carboxylic acids is 1. The molecule has 0 N–H and O–H groups in total. The van der Waals surface area contributed by atoms with Crippen LogP contribution in [0, 0.1) is 6.92 Å². The first-order valence-electron chi connectivity index (χ1n) is 10.1. The van der Waals surface area contributed by atoms with Gasteiger partial charge in [0.25, 0.3) is 5.91 Å². The molecule has 0 spiro atoms. The fourth-order valence-electron chi connectivity index (χ4n) is 3.31. The number of aromatic nitrogens is 2. The van der Waals surface area contributed by atoms with Gasteiger partial charge in [0.15, 0.2) is 6.61 Å². The van der Waals surface area contributed by atoms with Gasteiger partial charge < -0.3 is 19.3 Å². The number of hydrogen-bond donors (Lipinski definition) is 0. The van der Waals surface area contributed by atoms with Crippen LogP contribution in [-0.4, -0.2) is 53.6 Å². The Kier molecular flexibility index (Phi) is 6.97. The number of piperazine rings is 1. The quantitative estimate of drug-likeness (QED) is 0.521. The van der Waals surface area contributed by atoms with Gasteiger partial charge in [-0.1, -0.05) is 29.3 Å². The van der Waals surface area contributed by atoms with Crippen molar-refractivity contribution < 1.29 is 14.3 Å². The molecule has 0 atom stereocenters. The van der Waals surface area contributed by atoms with E-state index in [0.29, 0.717) is 53.6 Å². The molecule has 1 aliphatic heterocycles. The minimum Gasteiger partial charge on any atom is -0.484 e. The number of aryl methyl sites for hydroxylation is 1. The van der Waals surface area contributed by atoms with Gasteiger partial charge in [-0.15, -0.1) is 0 Å². The topological polar surface area (TPSA) is 67.8 Å². The van der Waals surface area contributed by atoms with Crippen LogP contribution < -0.4 is 14.4 Å². The summed E-state index contributed by atoms with van der Waals surface area (Å²) >= 11 is 12.1. The summed E-state index contributed by atoms with van der Waals surface area (Å²) in [6.07, 6.45) is 1.46. The summed E-state index contributed by atoms with van der Waals surface area (Å²) in [5, 5.41) is 1.14. The predicted molar refractivity (Wildman–Crippen MR) is 124 cm³/mol. The Hall–Kier alpha value is -3.03. The highest BCUT2D eigenvalue weighted by Crippen LogP contribution is 2.30. The highest BCUT2D eigenvalue weighted by molar-refractivity contribution is 6.32. The molecule has 166 valence electrons. The van der Waals surface area contributed by atoms with E-state index in [1.807, 2.05) is 19.1 Å². The third-order valence-electron chi connectivity index (χ3n) is 5.06. The number of ether oxygens (including phenoxy) is 2. The SMILES string of the molecule is Cc1ccc(Cl)c(Oc2cc(N3CCN(C(=O)COc4ccc(Cl)cc4)CC3)ncn2)c1. The van der Waals surface area contributed by atoms with Gasteiger partial charge in [0.2, 0.25) is 5.88 Å². The summed E-state index contributed by atoms with van der Waals surface area (Å²) < 4.78 is 11.4. The van der Waals surface area contributed by atoms with E-state index < -0.39 is 0 Å². The van der Waals surface area contributed by atoms with E-state index in [2.05, 4.69) is 14.9 Å². The lowest BCUT2D eigenvalue weighted by Gasteiger charge is -2.35. The van der Waals surface area contributed by atoms with Crippen molar-refractivity contribution in [3.63, 3.8) is 0 Å². The monoisotopic (exact) mass is 472 g/mol. The Morgan fingerprint density at radius 2 is 1.75 bits per heavy atom. The summed E-state index contributed by atoms with van der Waals surface area (Å²) in [7, 11) is 0. The van der Waals surface area contributed by atoms with Gasteiger partial charge in [-0.2, -0.15) is 0 Å². The van der Waals surface area contributed by atoms with E-state index in [-0.39, 0.29) is 12.5 Å². The fraction of sp³-hybridized carbons (Fsp3) is 0.261. The zero-order valence-corrected chi connectivity index (χ0v) is 19.0. The van der Waals surface area contributed by atoms with Gasteiger partial charge in [0, 0.05) is 37.3 Å². The number of nitrogens with zero attached hydrogens (tertiary/aromatic N) is 4. The first-order valence-corrected chi connectivity index (χ1v) is 10.9. The number of rotatable bonds is 6. The average molecular weight is 473 g/mol. The van der Waals surface area contributed by atoms with Gasteiger partial charge in [0.05, 0.1) is 5.02 Å². The van der Waals surface area contributed by atoms with Crippen LogP contribution in [0.15, 0.2) is 54.9 Å². The first-order chi connectivity index (χ1) is 15.5. The van der Waals surface area contributed by atoms with Gasteiger partial charge in [-0.05, 0) is 48.9 Å². The molecule has 0 bridgehead atoms. The van der Waals surface area contributed by atoms with Gasteiger partial charge in [-0.3, -0.25) is 4.79 Å². The molecule has 1 aliphatic rings. The Bertz CT molecular complexity index is 1090. The van der Waals surface area contributed by atoms with Crippen LogP contribution in [0.1, 0.15) is 5.56 Å². The lowest BCUT2D eigenvalue weighted by atomic mass is 10.2. The van der Waals surface area contributed by atoms with E-state index in [1.165, 1.54) is 6.33 Å². The Morgan fingerprint density at radius 3 is 2.50 bits per heavy atom. The van der Waals surface area contributed by atoms with Crippen LogP contribution in [-0.2, 0) is 4.79 Å². The largest absolute Gasteiger partial charge is 0.484 e. The molecule has 1 saturated heterocycles. The molecule has 0 radical (unpaired) electrons. The van der Waals surface area contributed by atoms with E-state index in [9.17, 15) is 4.79 Å². The normalized spacial score (nSPS) is 13.7. The molecule has 0 unspecified atom stereocenters. The molecule has 2 aromatic carbocycles. The molecule has 9 heteroatoms. The first kappa shape index (κ1) is 22.2. The predicted octanol–water partition coefficient (Wildman–Crippen LogP) is 4.61. The van der Waals surface area contributed by atoms with Crippen LogP contribution >= 0.6 is 23.2 Å². The summed E-state index contributed by atoms with van der Waals surface area (Å²) in [5.41, 5.74) is 1.04. The maximum atomic E-state index is 12.5. The van der Waals surface area contributed by atoms with Crippen LogP contribution in [0.5, 0.6) is 17.4 Å². The van der Waals surface area contributed by atoms with E-state index in [4.69, 9.17) is 32.7 Å². The number of carbonyl (C=O) groups is 1. The number of halogens is 2. The number of benzene rings is 2. The highest BCUT2D eigenvalue weighted by atomic mass is 35.5. The van der Waals surface area contributed by atoms with Crippen LogP contribution in [0.4, 0.5) is 5.82 Å². The Morgan fingerprint density at radius 1 is 1.00 bits per heavy atom. The maximum absolute atomic E-state index is 12.5. The average Bonchev–Trinajstić information content (AvgIpc) is 2.81. The summed E-state index contributed by atoms with van der Waals surface area (Å²) in [6.45, 7) is 4.41. The third-order valence-corrected chi connectivity index (χ3v) is 5.63. The van der Waals surface area contributed by atoms with E-state index in [1.54, 1.807) is 41.3 Å². The lowest BCUT2D eigenvalue weighted by Crippen LogP contribution is -2.50. The molecule has 32 heavy (non-hydrogen) atoms. The molecule has 1 fully saturated rings. The molecule has 3 aromatic rings. The zero-order valence-electron chi connectivity index (χ0n) is 17.5. The second-order valence-electron chi connectivity index (χ2n) is 7.36. The van der Waals surface area contributed by atoms with Crippen molar-refractivity contribution in [1.29, 1.82) is 0 Å². The molecule has 7 nitrogen and oxygen atoms in total. The standard InChI is InChI=1S/C23H22Cl2N4O3/c1-16-2-7-19(25)20(12-16)32-22-13-21(26-15-27-22)28-8-10-29(11-9-28)23(30)14-31-18-5-3-17(24)4-6-18/h2-7,12-13,15H,8-11,14H2,1H3. The molecular formula is C23H22Cl2N4O3. The molecule has 1 amide bonds. The van der Waals surface area contributed by atoms with Crippen LogP contribution in [0.2, 0.25) is 10.0 Å². The summed E-state index contributed by atoms with van der Waals surface area (Å²) in [5.74, 6) is 2.26. The molecular weight excluding hydrogens is 451 g/mol. The maximum Gasteiger partial charge on any atom is 0.260 e. The van der Waals surface area contributed by atoms with Crippen molar-refractivity contribution in [1.82, 2.24) is 14.9 Å². The number of amides is 1. The highest BCUT2D eigenvalue weighted by Gasteiger charge is 2.22. The van der Waals surface area contributed by atoms with E-state index >= 15 is 0 Å². The molecule has 0 saturated carbocycles. The molecule has 2 heterocycles. The van der Waals surface area contributed by atoms with Crippen molar-refractivity contribution in [3.05, 3.63) is 70.5 Å². The minimum absolute atomic E-state index is 0.00954. The van der Waals surface area contributed by atoms with Crippen molar-refractivity contribution in [2.45, 2.75) is 6.92 Å². The van der Waals surface area contributed by atoms with E-state index in [0.717, 1.165) is 11.4 Å². The third kappa shape index (κ3) is 5.60. The van der Waals surface area contributed by atoms with Gasteiger partial charge >= 0.3 is 0 Å². The van der Waals surface area contributed by atoms with Crippen molar-refractivity contribution >= 4 is 34.9 Å². The lowest BCUT2D eigenvalue weighted by molar-refractivity contribution is -0.133.